The molecule has 0 aliphatic carbocycles. The van der Waals surface area contributed by atoms with Crippen molar-refractivity contribution in [1.82, 2.24) is 14.5 Å². The van der Waals surface area contributed by atoms with Crippen LogP contribution < -0.4 is 14.5 Å². The predicted molar refractivity (Wildman–Crippen MR) is 105 cm³/mol. The van der Waals surface area contributed by atoms with E-state index in [0.717, 1.165) is 17.2 Å². The zero-order valence-corrected chi connectivity index (χ0v) is 16.9. The number of nitrogens with zero attached hydrogens (tertiary/aromatic N) is 5. The molecule has 0 spiro atoms. The highest BCUT2D eigenvalue weighted by Crippen LogP contribution is 2.25. The Labute approximate surface area is 160 Å². The third-order valence-corrected chi connectivity index (χ3v) is 6.56. The van der Waals surface area contributed by atoms with Crippen molar-refractivity contribution < 1.29 is 13.2 Å². The van der Waals surface area contributed by atoms with Crippen molar-refractivity contribution in [3.63, 3.8) is 0 Å². The van der Waals surface area contributed by atoms with E-state index in [1.807, 2.05) is 38.1 Å². The van der Waals surface area contributed by atoms with Crippen LogP contribution in [0.2, 0.25) is 0 Å². The number of hydrogen-bond donors (Lipinski definition) is 0. The number of aromatic nitrogens is 2. The molecular formula is C18H25N5O3S. The average molecular weight is 391 g/mol. The van der Waals surface area contributed by atoms with Crippen molar-refractivity contribution in [2.45, 2.75) is 11.8 Å². The maximum atomic E-state index is 12.9. The minimum absolute atomic E-state index is 0.296. The third-order valence-electron chi connectivity index (χ3n) is 4.66. The number of anilines is 2. The number of piperazine rings is 1. The lowest BCUT2D eigenvalue weighted by Gasteiger charge is -2.34. The van der Waals surface area contributed by atoms with Crippen LogP contribution in [-0.4, -0.2) is 70.3 Å². The SMILES string of the molecule is COc1ccc(S(=O)(=O)N2CCN(c3ccc(N(C)C)nn3)CC2)cc1C. The molecule has 0 bridgehead atoms. The molecule has 0 saturated carbocycles. The van der Waals surface area contributed by atoms with Crippen molar-refractivity contribution in [3.05, 3.63) is 35.9 Å². The fourth-order valence-corrected chi connectivity index (χ4v) is 4.55. The first-order valence-electron chi connectivity index (χ1n) is 8.73. The van der Waals surface area contributed by atoms with E-state index in [-0.39, 0.29) is 0 Å². The second kappa shape index (κ2) is 7.69. The van der Waals surface area contributed by atoms with Crippen molar-refractivity contribution in [1.29, 1.82) is 0 Å². The van der Waals surface area contributed by atoms with Gasteiger partial charge in [-0.3, -0.25) is 0 Å². The smallest absolute Gasteiger partial charge is 0.243 e. The second-order valence-corrected chi connectivity index (χ2v) is 8.60. The van der Waals surface area contributed by atoms with Gasteiger partial charge in [-0.2, -0.15) is 4.31 Å². The molecule has 146 valence electrons. The number of sulfonamides is 1. The molecule has 1 saturated heterocycles. The molecule has 1 aliphatic rings. The van der Waals surface area contributed by atoms with Gasteiger partial charge in [0.1, 0.15) is 5.75 Å². The summed E-state index contributed by atoms with van der Waals surface area (Å²) in [5, 5.41) is 8.44. The molecule has 27 heavy (non-hydrogen) atoms. The first-order chi connectivity index (χ1) is 12.8. The Kier molecular flexibility index (Phi) is 5.52. The van der Waals surface area contributed by atoms with Gasteiger partial charge in [-0.15, -0.1) is 10.2 Å². The van der Waals surface area contributed by atoms with Gasteiger partial charge >= 0.3 is 0 Å². The lowest BCUT2D eigenvalue weighted by atomic mass is 10.2. The Balaban J connectivity index is 1.70. The molecule has 0 N–H and O–H groups in total. The Morgan fingerprint density at radius 2 is 1.74 bits per heavy atom. The molecule has 2 heterocycles. The lowest BCUT2D eigenvalue weighted by Crippen LogP contribution is -2.49. The Hall–Kier alpha value is -2.39. The largest absolute Gasteiger partial charge is 0.496 e. The van der Waals surface area contributed by atoms with Crippen LogP contribution in [0.25, 0.3) is 0 Å². The van der Waals surface area contributed by atoms with Gasteiger partial charge < -0.3 is 14.5 Å². The van der Waals surface area contributed by atoms with Crippen LogP contribution in [0, 0.1) is 6.92 Å². The summed E-state index contributed by atoms with van der Waals surface area (Å²) in [5.41, 5.74) is 0.800. The van der Waals surface area contributed by atoms with E-state index in [0.29, 0.717) is 36.8 Å². The molecule has 0 atom stereocenters. The fraction of sp³-hybridized carbons (Fsp3) is 0.444. The molecule has 8 nitrogen and oxygen atoms in total. The third kappa shape index (κ3) is 3.98. The van der Waals surface area contributed by atoms with Crippen LogP contribution in [0.4, 0.5) is 11.6 Å². The number of aryl methyl sites for hydroxylation is 1. The van der Waals surface area contributed by atoms with Crippen LogP contribution in [0.3, 0.4) is 0 Å². The van der Waals surface area contributed by atoms with Crippen molar-refractivity contribution in [3.8, 4) is 5.75 Å². The summed E-state index contributed by atoms with van der Waals surface area (Å²) >= 11 is 0. The number of ether oxygens (including phenoxy) is 1. The van der Waals surface area contributed by atoms with E-state index < -0.39 is 10.0 Å². The number of benzene rings is 1. The molecule has 1 aliphatic heterocycles. The lowest BCUT2D eigenvalue weighted by molar-refractivity contribution is 0.383. The van der Waals surface area contributed by atoms with Gasteiger partial charge in [-0.25, -0.2) is 8.42 Å². The summed E-state index contributed by atoms with van der Waals surface area (Å²) < 4.78 is 32.6. The first-order valence-corrected chi connectivity index (χ1v) is 10.2. The van der Waals surface area contributed by atoms with E-state index in [1.165, 1.54) is 4.31 Å². The average Bonchev–Trinajstić information content (AvgIpc) is 2.68. The summed E-state index contributed by atoms with van der Waals surface area (Å²) in [4.78, 5) is 4.24. The zero-order chi connectivity index (χ0) is 19.6. The fourth-order valence-electron chi connectivity index (χ4n) is 3.04. The highest BCUT2D eigenvalue weighted by Gasteiger charge is 2.29. The summed E-state index contributed by atoms with van der Waals surface area (Å²) in [6.45, 7) is 3.80. The molecule has 1 fully saturated rings. The maximum absolute atomic E-state index is 12.9. The minimum atomic E-state index is -3.52. The maximum Gasteiger partial charge on any atom is 0.243 e. The minimum Gasteiger partial charge on any atom is -0.496 e. The van der Waals surface area contributed by atoms with Crippen LogP contribution in [-0.2, 0) is 10.0 Å². The Morgan fingerprint density at radius 1 is 1.04 bits per heavy atom. The van der Waals surface area contributed by atoms with Gasteiger partial charge in [0.05, 0.1) is 12.0 Å². The van der Waals surface area contributed by atoms with Crippen LogP contribution in [0.15, 0.2) is 35.2 Å². The quantitative estimate of drug-likeness (QED) is 0.762. The van der Waals surface area contributed by atoms with Crippen LogP contribution in [0.5, 0.6) is 5.75 Å². The molecule has 0 amide bonds. The standard InChI is InChI=1S/C18H25N5O3S/c1-14-13-15(5-6-16(14)26-4)27(24,25)23-11-9-22(10-12-23)18-8-7-17(19-20-18)21(2)3/h5-8,13H,9-12H2,1-4H3. The van der Waals surface area contributed by atoms with Gasteiger partial charge in [-0.05, 0) is 42.8 Å². The molecule has 1 aromatic heterocycles. The highest BCUT2D eigenvalue weighted by atomic mass is 32.2. The molecular weight excluding hydrogens is 366 g/mol. The highest BCUT2D eigenvalue weighted by molar-refractivity contribution is 7.89. The topological polar surface area (TPSA) is 78.9 Å². The van der Waals surface area contributed by atoms with Gasteiger partial charge in [0.2, 0.25) is 10.0 Å². The molecule has 1 aromatic carbocycles. The summed E-state index contributed by atoms with van der Waals surface area (Å²) in [5.74, 6) is 2.23. The summed E-state index contributed by atoms with van der Waals surface area (Å²) in [7, 11) is 1.87. The normalized spacial score (nSPS) is 15.6. The van der Waals surface area contributed by atoms with Gasteiger partial charge in [0.15, 0.2) is 11.6 Å². The van der Waals surface area contributed by atoms with E-state index in [9.17, 15) is 8.42 Å². The van der Waals surface area contributed by atoms with Crippen LogP contribution >= 0.6 is 0 Å². The van der Waals surface area contributed by atoms with E-state index in [4.69, 9.17) is 4.74 Å². The molecule has 9 heteroatoms. The molecule has 3 rings (SSSR count). The molecule has 0 unspecified atom stereocenters. The first kappa shape index (κ1) is 19.4. The summed E-state index contributed by atoms with van der Waals surface area (Å²) in [6, 6.07) is 8.77. The zero-order valence-electron chi connectivity index (χ0n) is 16.1. The second-order valence-electron chi connectivity index (χ2n) is 6.67. The van der Waals surface area contributed by atoms with E-state index >= 15 is 0 Å². The molecule has 0 radical (unpaired) electrons. The van der Waals surface area contributed by atoms with Gasteiger partial charge in [0, 0.05) is 40.3 Å². The van der Waals surface area contributed by atoms with Crippen molar-refractivity contribution >= 4 is 21.7 Å². The molecule has 2 aromatic rings. The van der Waals surface area contributed by atoms with Crippen LogP contribution in [0.1, 0.15) is 5.56 Å². The van der Waals surface area contributed by atoms with Crippen molar-refractivity contribution in [2.24, 2.45) is 0 Å². The van der Waals surface area contributed by atoms with Gasteiger partial charge in [0.25, 0.3) is 0 Å². The Bertz CT molecular complexity index is 892. The van der Waals surface area contributed by atoms with E-state index in [1.54, 1.807) is 25.3 Å². The summed E-state index contributed by atoms with van der Waals surface area (Å²) in [6.07, 6.45) is 0. The predicted octanol–water partition coefficient (Wildman–Crippen LogP) is 1.37. The number of methoxy groups -OCH3 is 1. The Morgan fingerprint density at radius 3 is 2.26 bits per heavy atom. The monoisotopic (exact) mass is 391 g/mol. The van der Waals surface area contributed by atoms with Gasteiger partial charge in [-0.1, -0.05) is 0 Å². The number of hydrogen-bond acceptors (Lipinski definition) is 7. The van der Waals surface area contributed by atoms with E-state index in [2.05, 4.69) is 15.1 Å². The number of rotatable bonds is 5. The van der Waals surface area contributed by atoms with Crippen molar-refractivity contribution in [2.75, 3.05) is 57.2 Å².